The van der Waals surface area contributed by atoms with Crippen LogP contribution < -0.4 is 10.6 Å². The lowest BCUT2D eigenvalue weighted by Gasteiger charge is -2.43. The quantitative estimate of drug-likeness (QED) is 0.697. The van der Waals surface area contributed by atoms with Crippen LogP contribution >= 0.6 is 0 Å². The van der Waals surface area contributed by atoms with Crippen molar-refractivity contribution in [2.45, 2.75) is 38.1 Å². The number of amides is 1. The molecule has 2 aromatic rings. The van der Waals surface area contributed by atoms with Gasteiger partial charge in [-0.3, -0.25) is 14.8 Å². The van der Waals surface area contributed by atoms with Crippen molar-refractivity contribution in [1.29, 1.82) is 5.26 Å². The second-order valence-electron chi connectivity index (χ2n) is 7.86. The van der Waals surface area contributed by atoms with Gasteiger partial charge in [-0.2, -0.15) is 18.4 Å². The molecule has 1 aliphatic rings. The van der Waals surface area contributed by atoms with Crippen molar-refractivity contribution in [1.82, 2.24) is 20.6 Å². The summed E-state index contributed by atoms with van der Waals surface area (Å²) in [6.45, 7) is 3.00. The van der Waals surface area contributed by atoms with E-state index in [9.17, 15) is 28.3 Å². The standard InChI is InChI=1S/C20H22F3N5O2/c1-11(2)17(29)18(30)28-19(7-13(9-25-10-19)20(21,22)23)14-4-3-12(8-24)15-16(14)27-6-5-26-15/h3-6,11,13,17,25,29H,7,9-10H2,1-2H3,(H,28,30)/t13-,17+,19-/m1/s1. The fraction of sp³-hybridized carbons (Fsp3) is 0.500. The van der Waals surface area contributed by atoms with Crippen LogP contribution in [0.4, 0.5) is 13.2 Å². The van der Waals surface area contributed by atoms with Crippen LogP contribution in [0.15, 0.2) is 24.5 Å². The highest BCUT2D eigenvalue weighted by atomic mass is 19.4. The third kappa shape index (κ3) is 4.08. The van der Waals surface area contributed by atoms with Gasteiger partial charge in [0.15, 0.2) is 0 Å². The molecule has 0 saturated carbocycles. The predicted octanol–water partition coefficient (Wildman–Crippen LogP) is 2.00. The summed E-state index contributed by atoms with van der Waals surface area (Å²) in [5.74, 6) is -2.91. The monoisotopic (exact) mass is 421 g/mol. The zero-order chi connectivity index (χ0) is 22.1. The number of nitrogens with one attached hydrogen (secondary N) is 2. The summed E-state index contributed by atoms with van der Waals surface area (Å²) >= 11 is 0. The number of halogens is 3. The Morgan fingerprint density at radius 2 is 2.00 bits per heavy atom. The van der Waals surface area contributed by atoms with Gasteiger partial charge in [0.1, 0.15) is 17.7 Å². The van der Waals surface area contributed by atoms with Crippen molar-refractivity contribution in [2.75, 3.05) is 13.1 Å². The molecule has 1 aromatic heterocycles. The van der Waals surface area contributed by atoms with Crippen molar-refractivity contribution in [3.05, 3.63) is 35.7 Å². The number of aliphatic hydroxyl groups excluding tert-OH is 1. The van der Waals surface area contributed by atoms with Crippen LogP contribution in [0.1, 0.15) is 31.4 Å². The lowest BCUT2D eigenvalue weighted by atomic mass is 9.77. The van der Waals surface area contributed by atoms with Crippen molar-refractivity contribution in [2.24, 2.45) is 11.8 Å². The van der Waals surface area contributed by atoms with Gasteiger partial charge in [0.05, 0.1) is 22.5 Å². The number of aromatic nitrogens is 2. The lowest BCUT2D eigenvalue weighted by molar-refractivity contribution is -0.185. The Balaban J connectivity index is 2.17. The predicted molar refractivity (Wildman–Crippen MR) is 102 cm³/mol. The number of rotatable bonds is 4. The third-order valence-corrected chi connectivity index (χ3v) is 5.40. The highest BCUT2D eigenvalue weighted by Gasteiger charge is 2.50. The minimum atomic E-state index is -4.48. The minimum absolute atomic E-state index is 0.00765. The molecule has 1 aromatic carbocycles. The van der Waals surface area contributed by atoms with E-state index >= 15 is 0 Å². The van der Waals surface area contributed by atoms with Crippen LogP contribution in [0.25, 0.3) is 11.0 Å². The topological polar surface area (TPSA) is 111 Å². The lowest BCUT2D eigenvalue weighted by Crippen LogP contribution is -2.61. The zero-order valence-electron chi connectivity index (χ0n) is 16.5. The number of carbonyl (C=O) groups excluding carboxylic acids is 1. The fourth-order valence-corrected chi connectivity index (χ4v) is 3.77. The number of hydrogen-bond donors (Lipinski definition) is 3. The highest BCUT2D eigenvalue weighted by molar-refractivity contribution is 5.87. The van der Waals surface area contributed by atoms with E-state index in [4.69, 9.17) is 0 Å². The van der Waals surface area contributed by atoms with Gasteiger partial charge in [0, 0.05) is 31.0 Å². The van der Waals surface area contributed by atoms with Gasteiger partial charge in [0.25, 0.3) is 0 Å². The van der Waals surface area contributed by atoms with Gasteiger partial charge in [-0.1, -0.05) is 19.9 Å². The molecule has 1 saturated heterocycles. The Kier molecular flexibility index (Phi) is 5.97. The first-order valence-electron chi connectivity index (χ1n) is 9.51. The van der Waals surface area contributed by atoms with Crippen molar-refractivity contribution >= 4 is 16.9 Å². The molecule has 3 N–H and O–H groups in total. The molecular weight excluding hydrogens is 399 g/mol. The van der Waals surface area contributed by atoms with Crippen LogP contribution in [-0.2, 0) is 10.3 Å². The molecule has 3 atom stereocenters. The maximum Gasteiger partial charge on any atom is 0.393 e. The Labute approximate surface area is 171 Å². The van der Waals surface area contributed by atoms with Gasteiger partial charge < -0.3 is 15.7 Å². The smallest absolute Gasteiger partial charge is 0.383 e. The number of hydrogen-bond acceptors (Lipinski definition) is 6. The molecule has 2 heterocycles. The Morgan fingerprint density at radius 1 is 1.33 bits per heavy atom. The van der Waals surface area contributed by atoms with Gasteiger partial charge in [0.2, 0.25) is 5.91 Å². The first kappa shape index (κ1) is 21.9. The molecule has 10 heteroatoms. The largest absolute Gasteiger partial charge is 0.393 e. The second-order valence-corrected chi connectivity index (χ2v) is 7.86. The third-order valence-electron chi connectivity index (χ3n) is 5.40. The Hall–Kier alpha value is -2.77. The van der Waals surface area contributed by atoms with Crippen molar-refractivity contribution in [3.8, 4) is 6.07 Å². The molecular formula is C20H22F3N5O2. The molecule has 0 unspecified atom stereocenters. The summed E-state index contributed by atoms with van der Waals surface area (Å²) < 4.78 is 40.8. The van der Waals surface area contributed by atoms with E-state index in [2.05, 4.69) is 20.6 Å². The van der Waals surface area contributed by atoms with Gasteiger partial charge >= 0.3 is 6.18 Å². The molecule has 7 nitrogen and oxygen atoms in total. The number of benzene rings is 1. The molecule has 1 aliphatic heterocycles. The number of piperidine rings is 1. The van der Waals surface area contributed by atoms with E-state index in [1.165, 1.54) is 24.5 Å². The number of nitriles is 1. The summed E-state index contributed by atoms with van der Waals surface area (Å²) in [7, 11) is 0. The van der Waals surface area contributed by atoms with E-state index in [0.29, 0.717) is 5.56 Å². The first-order valence-corrected chi connectivity index (χ1v) is 9.51. The van der Waals surface area contributed by atoms with E-state index in [0.717, 1.165) is 0 Å². The van der Waals surface area contributed by atoms with Gasteiger partial charge in [-0.05, 0) is 18.4 Å². The molecule has 0 bridgehead atoms. The van der Waals surface area contributed by atoms with Crippen LogP contribution in [0.5, 0.6) is 0 Å². The molecule has 0 spiro atoms. The summed E-state index contributed by atoms with van der Waals surface area (Å²) in [6.07, 6.45) is -3.53. The molecule has 0 radical (unpaired) electrons. The van der Waals surface area contributed by atoms with E-state index in [1.807, 2.05) is 6.07 Å². The van der Waals surface area contributed by atoms with E-state index in [1.54, 1.807) is 13.8 Å². The molecule has 3 rings (SSSR count). The normalized spacial score (nSPS) is 23.2. The fourth-order valence-electron chi connectivity index (χ4n) is 3.77. The van der Waals surface area contributed by atoms with Crippen LogP contribution in [-0.4, -0.2) is 46.4 Å². The Morgan fingerprint density at radius 3 is 2.60 bits per heavy atom. The van der Waals surface area contributed by atoms with Crippen LogP contribution in [0, 0.1) is 23.2 Å². The second kappa shape index (κ2) is 8.16. The zero-order valence-corrected chi connectivity index (χ0v) is 16.5. The molecule has 1 fully saturated rings. The molecule has 30 heavy (non-hydrogen) atoms. The number of alkyl halides is 3. The number of nitrogens with zero attached hydrogens (tertiary/aromatic N) is 3. The van der Waals surface area contributed by atoms with Crippen LogP contribution in [0.3, 0.4) is 0 Å². The van der Waals surface area contributed by atoms with Gasteiger partial charge in [-0.25, -0.2) is 0 Å². The maximum absolute atomic E-state index is 13.6. The summed E-state index contributed by atoms with van der Waals surface area (Å²) in [4.78, 5) is 21.1. The van der Waals surface area contributed by atoms with Gasteiger partial charge in [-0.15, -0.1) is 0 Å². The summed E-state index contributed by atoms with van der Waals surface area (Å²) in [6, 6.07) is 4.95. The average molecular weight is 421 g/mol. The Bertz CT molecular complexity index is 989. The summed E-state index contributed by atoms with van der Waals surface area (Å²) in [5, 5.41) is 25.0. The maximum atomic E-state index is 13.6. The number of fused-ring (bicyclic) bond motifs is 1. The number of aliphatic hydroxyl groups is 1. The highest BCUT2D eigenvalue weighted by Crippen LogP contribution is 2.41. The molecule has 1 amide bonds. The average Bonchev–Trinajstić information content (AvgIpc) is 2.71. The SMILES string of the molecule is CC(C)[C@H](O)C(=O)N[C@@]1(c2ccc(C#N)c3nccnc23)CNC[C@H](C(F)(F)F)C1. The first-order chi connectivity index (χ1) is 14.1. The van der Waals surface area contributed by atoms with Crippen molar-refractivity contribution < 1.29 is 23.1 Å². The molecule has 160 valence electrons. The van der Waals surface area contributed by atoms with E-state index in [-0.39, 0.29) is 29.7 Å². The minimum Gasteiger partial charge on any atom is -0.383 e. The number of carbonyl (C=O) groups is 1. The van der Waals surface area contributed by atoms with E-state index < -0.39 is 42.0 Å². The summed E-state index contributed by atoms with van der Waals surface area (Å²) in [5.41, 5.74) is -0.476. The van der Waals surface area contributed by atoms with Crippen LogP contribution in [0.2, 0.25) is 0 Å². The van der Waals surface area contributed by atoms with Crippen molar-refractivity contribution in [3.63, 3.8) is 0 Å². The molecule has 0 aliphatic carbocycles.